The van der Waals surface area contributed by atoms with Crippen LogP contribution in [0.4, 0.5) is 0 Å². The summed E-state index contributed by atoms with van der Waals surface area (Å²) in [7, 11) is 0. The maximum atomic E-state index is 12.8. The van der Waals surface area contributed by atoms with E-state index in [9.17, 15) is 4.79 Å². The van der Waals surface area contributed by atoms with Crippen molar-refractivity contribution in [3.8, 4) is 11.6 Å². The number of halogens is 1. The van der Waals surface area contributed by atoms with Gasteiger partial charge >= 0.3 is 5.97 Å². The van der Waals surface area contributed by atoms with Gasteiger partial charge in [0.05, 0.1) is 29.2 Å². The molecule has 0 aliphatic rings. The summed E-state index contributed by atoms with van der Waals surface area (Å²) < 4.78 is 13.1. The van der Waals surface area contributed by atoms with Crippen LogP contribution in [0, 0.1) is 6.92 Å². The molecule has 0 saturated carbocycles. The molecule has 0 saturated heterocycles. The Morgan fingerprint density at radius 1 is 1.10 bits per heavy atom. The van der Waals surface area contributed by atoms with Crippen LogP contribution >= 0.6 is 23.4 Å². The van der Waals surface area contributed by atoms with Crippen LogP contribution in [0.15, 0.2) is 58.3 Å². The molecule has 0 spiro atoms. The van der Waals surface area contributed by atoms with Crippen LogP contribution in [0.2, 0.25) is 5.02 Å². The number of carbonyl (C=O) groups is 1. The van der Waals surface area contributed by atoms with Crippen LogP contribution < -0.4 is 9.47 Å². The highest BCUT2D eigenvalue weighted by Crippen LogP contribution is 2.40. The molecule has 3 aromatic rings. The molecule has 0 fully saturated rings. The highest BCUT2D eigenvalue weighted by atomic mass is 35.5. The number of esters is 1. The minimum absolute atomic E-state index is 0.159. The molecule has 0 radical (unpaired) electrons. The van der Waals surface area contributed by atoms with Crippen LogP contribution in [-0.2, 0) is 16.8 Å². The van der Waals surface area contributed by atoms with Gasteiger partial charge in [-0.1, -0.05) is 35.5 Å². The first-order valence-electron chi connectivity index (χ1n) is 10.1. The Bertz CT molecular complexity index is 1040. The van der Waals surface area contributed by atoms with Crippen molar-refractivity contribution in [2.75, 3.05) is 6.61 Å². The number of hydrogen-bond donors (Lipinski definition) is 0. The first kappa shape index (κ1) is 23.2. The molecule has 1 heterocycles. The molecular weight excluding hydrogens is 432 g/mol. The smallest absolute Gasteiger partial charge is 0.317 e. The predicted octanol–water partition coefficient (Wildman–Crippen LogP) is 6.30. The van der Waals surface area contributed by atoms with E-state index in [1.54, 1.807) is 4.68 Å². The molecule has 31 heavy (non-hydrogen) atoms. The van der Waals surface area contributed by atoms with Crippen molar-refractivity contribution in [2.45, 2.75) is 56.4 Å². The van der Waals surface area contributed by atoms with Gasteiger partial charge in [0.25, 0.3) is 0 Å². The molecule has 0 amide bonds. The van der Waals surface area contributed by atoms with E-state index in [0.717, 1.165) is 26.8 Å². The van der Waals surface area contributed by atoms with Gasteiger partial charge in [-0.15, -0.1) is 0 Å². The SMILES string of the molecule is CCOc1ccc(CC(=O)Oc2c(Sc3ccc(Cl)cc3)c(C)nn2C(C)(C)C)cc1. The molecule has 164 valence electrons. The number of aromatic nitrogens is 2. The quantitative estimate of drug-likeness (QED) is 0.389. The lowest BCUT2D eigenvalue weighted by molar-refractivity contribution is -0.134. The lowest BCUT2D eigenvalue weighted by Gasteiger charge is -2.22. The average molecular weight is 459 g/mol. The Kier molecular flexibility index (Phi) is 7.34. The molecule has 1 aromatic heterocycles. The van der Waals surface area contributed by atoms with Gasteiger partial charge < -0.3 is 9.47 Å². The van der Waals surface area contributed by atoms with Gasteiger partial charge in [0.2, 0.25) is 5.88 Å². The van der Waals surface area contributed by atoms with E-state index in [-0.39, 0.29) is 17.9 Å². The zero-order chi connectivity index (χ0) is 22.6. The number of nitrogens with zero attached hydrogens (tertiary/aromatic N) is 2. The number of benzene rings is 2. The highest BCUT2D eigenvalue weighted by Gasteiger charge is 2.27. The summed E-state index contributed by atoms with van der Waals surface area (Å²) in [5, 5.41) is 5.34. The number of hydrogen-bond acceptors (Lipinski definition) is 5. The number of carbonyl (C=O) groups excluding carboxylic acids is 1. The van der Waals surface area contributed by atoms with Crippen molar-refractivity contribution in [3.05, 3.63) is 64.8 Å². The lowest BCUT2D eigenvalue weighted by atomic mass is 10.1. The largest absolute Gasteiger partial charge is 0.494 e. The second-order valence-electron chi connectivity index (χ2n) is 8.09. The molecule has 0 unspecified atom stereocenters. The third-order valence-electron chi connectivity index (χ3n) is 4.43. The maximum Gasteiger partial charge on any atom is 0.317 e. The summed E-state index contributed by atoms with van der Waals surface area (Å²) in [4.78, 5) is 14.6. The second kappa shape index (κ2) is 9.79. The third kappa shape index (κ3) is 6.05. The van der Waals surface area contributed by atoms with Gasteiger partial charge in [0.15, 0.2) is 0 Å². The fourth-order valence-electron chi connectivity index (χ4n) is 2.95. The standard InChI is InChI=1S/C24H27ClN2O3S/c1-6-29-19-11-7-17(8-12-19)15-21(28)30-23-22(16(2)26-27(23)24(3,4)5)31-20-13-9-18(25)10-14-20/h7-14H,6,15H2,1-5H3. The van der Waals surface area contributed by atoms with Crippen molar-refractivity contribution in [1.29, 1.82) is 0 Å². The van der Waals surface area contributed by atoms with Gasteiger partial charge in [-0.25, -0.2) is 4.68 Å². The molecule has 0 aliphatic carbocycles. The molecule has 0 atom stereocenters. The molecular formula is C24H27ClN2O3S. The number of rotatable bonds is 7. The van der Waals surface area contributed by atoms with Gasteiger partial charge in [0.1, 0.15) is 5.75 Å². The fourth-order valence-corrected chi connectivity index (χ4v) is 3.99. The monoisotopic (exact) mass is 458 g/mol. The second-order valence-corrected chi connectivity index (χ2v) is 9.61. The zero-order valence-electron chi connectivity index (χ0n) is 18.4. The van der Waals surface area contributed by atoms with E-state index in [0.29, 0.717) is 17.5 Å². The van der Waals surface area contributed by atoms with Crippen molar-refractivity contribution in [3.63, 3.8) is 0 Å². The molecule has 0 N–H and O–H groups in total. The summed E-state index contributed by atoms with van der Waals surface area (Å²) in [5.41, 5.74) is 1.32. The van der Waals surface area contributed by atoms with Crippen molar-refractivity contribution in [2.24, 2.45) is 0 Å². The van der Waals surface area contributed by atoms with Crippen LogP contribution in [-0.4, -0.2) is 22.4 Å². The van der Waals surface area contributed by atoms with Crippen molar-refractivity contribution < 1.29 is 14.3 Å². The molecule has 5 nitrogen and oxygen atoms in total. The van der Waals surface area contributed by atoms with E-state index in [4.69, 9.17) is 21.1 Å². The van der Waals surface area contributed by atoms with Gasteiger partial charge in [0, 0.05) is 9.92 Å². The van der Waals surface area contributed by atoms with Gasteiger partial charge in [-0.3, -0.25) is 4.79 Å². The topological polar surface area (TPSA) is 53.4 Å². The first-order valence-corrected chi connectivity index (χ1v) is 11.3. The predicted molar refractivity (Wildman–Crippen MR) is 124 cm³/mol. The fraction of sp³-hybridized carbons (Fsp3) is 0.333. The summed E-state index contributed by atoms with van der Waals surface area (Å²) in [6.07, 6.45) is 0.159. The van der Waals surface area contributed by atoms with E-state index in [1.165, 1.54) is 11.8 Å². The lowest BCUT2D eigenvalue weighted by Crippen LogP contribution is -2.26. The molecule has 7 heteroatoms. The normalized spacial score (nSPS) is 11.4. The van der Waals surface area contributed by atoms with E-state index >= 15 is 0 Å². The Morgan fingerprint density at radius 2 is 1.74 bits per heavy atom. The summed E-state index contributed by atoms with van der Waals surface area (Å²) >= 11 is 7.52. The van der Waals surface area contributed by atoms with Crippen molar-refractivity contribution in [1.82, 2.24) is 9.78 Å². The molecule has 0 bridgehead atoms. The van der Waals surface area contributed by atoms with Gasteiger partial charge in [-0.05, 0) is 76.6 Å². The van der Waals surface area contributed by atoms with Crippen molar-refractivity contribution >= 4 is 29.3 Å². The van der Waals surface area contributed by atoms with Crippen LogP contribution in [0.1, 0.15) is 39.0 Å². The minimum Gasteiger partial charge on any atom is -0.494 e. The van der Waals surface area contributed by atoms with Crippen LogP contribution in [0.3, 0.4) is 0 Å². The van der Waals surface area contributed by atoms with E-state index in [1.807, 2.05) is 83.1 Å². The Hall–Kier alpha value is -2.44. The Balaban J connectivity index is 1.85. The summed E-state index contributed by atoms with van der Waals surface area (Å²) in [5.74, 6) is 0.899. The molecule has 0 aliphatic heterocycles. The number of aryl methyl sites for hydroxylation is 1. The van der Waals surface area contributed by atoms with Crippen LogP contribution in [0.5, 0.6) is 11.6 Å². The first-order chi connectivity index (χ1) is 14.7. The summed E-state index contributed by atoms with van der Waals surface area (Å²) in [6.45, 7) is 10.5. The molecule has 3 rings (SSSR count). The van der Waals surface area contributed by atoms with Crippen LogP contribution in [0.25, 0.3) is 0 Å². The maximum absolute atomic E-state index is 12.8. The van der Waals surface area contributed by atoms with Gasteiger partial charge in [-0.2, -0.15) is 5.10 Å². The summed E-state index contributed by atoms with van der Waals surface area (Å²) in [6, 6.07) is 15.0. The zero-order valence-corrected chi connectivity index (χ0v) is 20.0. The average Bonchev–Trinajstić information content (AvgIpc) is 3.01. The Morgan fingerprint density at radius 3 is 2.32 bits per heavy atom. The highest BCUT2D eigenvalue weighted by molar-refractivity contribution is 7.99. The molecule has 2 aromatic carbocycles. The minimum atomic E-state index is -0.349. The Labute approximate surface area is 192 Å². The van der Waals surface area contributed by atoms with E-state index in [2.05, 4.69) is 5.10 Å². The van der Waals surface area contributed by atoms with E-state index < -0.39 is 0 Å². The number of ether oxygens (including phenoxy) is 2. The third-order valence-corrected chi connectivity index (χ3v) is 5.86.